The third-order valence-electron chi connectivity index (χ3n) is 3.17. The number of hydrogen-bond acceptors (Lipinski definition) is 3. The predicted octanol–water partition coefficient (Wildman–Crippen LogP) is 2.50. The topological polar surface area (TPSA) is 53.3 Å². The zero-order valence-electron chi connectivity index (χ0n) is 11.5. The van der Waals surface area contributed by atoms with Crippen molar-refractivity contribution in [2.75, 3.05) is 19.1 Å². The van der Waals surface area contributed by atoms with Crippen LogP contribution in [-0.2, 0) is 4.79 Å². The summed E-state index contributed by atoms with van der Waals surface area (Å²) in [6.07, 6.45) is -0.111. The van der Waals surface area contributed by atoms with Crippen LogP contribution in [0.25, 0.3) is 0 Å². The van der Waals surface area contributed by atoms with E-state index in [4.69, 9.17) is 10.00 Å². The Hall–Kier alpha value is -2.02. The molecule has 96 valence electrons. The zero-order valence-corrected chi connectivity index (χ0v) is 11.5. The molecular weight excluding hydrogens is 228 g/mol. The molecule has 0 aliphatic rings. The van der Waals surface area contributed by atoms with Crippen molar-refractivity contribution in [3.63, 3.8) is 0 Å². The summed E-state index contributed by atoms with van der Waals surface area (Å²) in [5, 5.41) is 8.59. The molecule has 1 rings (SSSR count). The lowest BCUT2D eigenvalue weighted by Gasteiger charge is -2.23. The largest absolute Gasteiger partial charge is 0.496 e. The van der Waals surface area contributed by atoms with E-state index in [1.807, 2.05) is 32.9 Å². The molecular formula is C14H18N2O2. The Morgan fingerprint density at radius 2 is 2.00 bits per heavy atom. The van der Waals surface area contributed by atoms with Crippen LogP contribution in [0.1, 0.15) is 23.1 Å². The van der Waals surface area contributed by atoms with Crippen LogP contribution in [0.4, 0.5) is 5.69 Å². The van der Waals surface area contributed by atoms with E-state index in [2.05, 4.69) is 0 Å². The Morgan fingerprint density at radius 1 is 1.39 bits per heavy atom. The van der Waals surface area contributed by atoms with Gasteiger partial charge in [-0.3, -0.25) is 4.79 Å². The minimum atomic E-state index is -0.201. The van der Waals surface area contributed by atoms with Crippen LogP contribution in [0.3, 0.4) is 0 Å². The highest BCUT2D eigenvalue weighted by atomic mass is 16.5. The second-order valence-electron chi connectivity index (χ2n) is 4.28. The van der Waals surface area contributed by atoms with Gasteiger partial charge >= 0.3 is 0 Å². The van der Waals surface area contributed by atoms with Gasteiger partial charge in [0.25, 0.3) is 0 Å². The van der Waals surface area contributed by atoms with Crippen molar-refractivity contribution in [2.45, 2.75) is 27.2 Å². The summed E-state index contributed by atoms with van der Waals surface area (Å²) in [7, 11) is 3.33. The molecule has 0 atom stereocenters. The molecule has 0 spiro atoms. The quantitative estimate of drug-likeness (QED) is 0.823. The monoisotopic (exact) mass is 246 g/mol. The molecule has 0 saturated carbocycles. The number of ether oxygens (including phenoxy) is 1. The number of nitrogens with zero attached hydrogens (tertiary/aromatic N) is 2. The molecule has 1 aromatic rings. The highest BCUT2D eigenvalue weighted by Crippen LogP contribution is 2.33. The number of aryl methyl sites for hydroxylation is 1. The molecule has 1 amide bonds. The number of carbonyl (C=O) groups excluding carboxylic acids is 1. The standard InChI is InChI=1S/C14H18N2O2/c1-9-8-12(18-5)10(2)11(3)14(9)16(4)13(17)6-7-15/h8H,6H2,1-5H3. The van der Waals surface area contributed by atoms with Crippen molar-refractivity contribution in [2.24, 2.45) is 0 Å². The molecule has 0 bridgehead atoms. The third kappa shape index (κ3) is 2.45. The molecule has 0 N–H and O–H groups in total. The summed E-state index contributed by atoms with van der Waals surface area (Å²) in [5.41, 5.74) is 3.83. The SMILES string of the molecule is COc1cc(C)c(N(C)C(=O)CC#N)c(C)c1C. The summed E-state index contributed by atoms with van der Waals surface area (Å²) in [5.74, 6) is 0.614. The second kappa shape index (κ2) is 5.54. The lowest BCUT2D eigenvalue weighted by Crippen LogP contribution is -2.27. The van der Waals surface area contributed by atoms with Gasteiger partial charge in [-0.1, -0.05) is 0 Å². The van der Waals surface area contributed by atoms with Crippen LogP contribution >= 0.6 is 0 Å². The number of carbonyl (C=O) groups is 1. The second-order valence-corrected chi connectivity index (χ2v) is 4.28. The molecule has 18 heavy (non-hydrogen) atoms. The van der Waals surface area contributed by atoms with E-state index in [9.17, 15) is 4.79 Å². The molecule has 1 aromatic carbocycles. The maximum absolute atomic E-state index is 11.8. The van der Waals surface area contributed by atoms with Crippen LogP contribution in [0.5, 0.6) is 5.75 Å². The first-order valence-corrected chi connectivity index (χ1v) is 5.72. The highest BCUT2D eigenvalue weighted by Gasteiger charge is 2.18. The molecule has 0 aliphatic heterocycles. The van der Waals surface area contributed by atoms with Gasteiger partial charge in [0.15, 0.2) is 0 Å². The Kier molecular flexibility index (Phi) is 4.33. The third-order valence-corrected chi connectivity index (χ3v) is 3.17. The number of nitriles is 1. The van der Waals surface area contributed by atoms with Gasteiger partial charge in [0.05, 0.1) is 13.2 Å². The van der Waals surface area contributed by atoms with E-state index in [1.165, 1.54) is 0 Å². The van der Waals surface area contributed by atoms with Crippen LogP contribution in [0, 0.1) is 32.1 Å². The highest BCUT2D eigenvalue weighted by molar-refractivity contribution is 5.96. The normalized spacial score (nSPS) is 9.78. The number of benzene rings is 1. The van der Waals surface area contributed by atoms with Gasteiger partial charge in [0, 0.05) is 12.7 Å². The Balaban J connectivity index is 3.30. The Labute approximate surface area is 108 Å². The maximum Gasteiger partial charge on any atom is 0.240 e. The smallest absolute Gasteiger partial charge is 0.240 e. The lowest BCUT2D eigenvalue weighted by molar-refractivity contribution is -0.117. The van der Waals surface area contributed by atoms with Crippen LogP contribution in [0.2, 0.25) is 0 Å². The summed E-state index contributed by atoms with van der Waals surface area (Å²) in [6, 6.07) is 3.79. The zero-order chi connectivity index (χ0) is 13.9. The first-order chi connectivity index (χ1) is 8.43. The van der Waals surface area contributed by atoms with Gasteiger partial charge in [-0.05, 0) is 43.5 Å². The van der Waals surface area contributed by atoms with Crippen LogP contribution in [0.15, 0.2) is 6.07 Å². The fourth-order valence-corrected chi connectivity index (χ4v) is 2.07. The molecule has 0 heterocycles. The molecule has 0 unspecified atom stereocenters. The van der Waals surface area contributed by atoms with Gasteiger partial charge < -0.3 is 9.64 Å². The van der Waals surface area contributed by atoms with Crippen molar-refractivity contribution in [1.29, 1.82) is 5.26 Å². The predicted molar refractivity (Wildman–Crippen MR) is 70.8 cm³/mol. The molecule has 4 nitrogen and oxygen atoms in total. The van der Waals surface area contributed by atoms with E-state index in [0.717, 1.165) is 28.1 Å². The first-order valence-electron chi connectivity index (χ1n) is 5.72. The van der Waals surface area contributed by atoms with Crippen molar-refractivity contribution in [3.8, 4) is 11.8 Å². The average molecular weight is 246 g/mol. The molecule has 0 fully saturated rings. The van der Waals surface area contributed by atoms with Crippen LogP contribution in [-0.4, -0.2) is 20.1 Å². The Morgan fingerprint density at radius 3 is 2.50 bits per heavy atom. The van der Waals surface area contributed by atoms with E-state index in [0.29, 0.717) is 0 Å². The minimum absolute atomic E-state index is 0.111. The molecule has 0 saturated heterocycles. The number of hydrogen-bond donors (Lipinski definition) is 0. The molecule has 0 aromatic heterocycles. The number of rotatable bonds is 3. The summed E-state index contributed by atoms with van der Waals surface area (Å²) in [6.45, 7) is 5.84. The molecule has 0 radical (unpaired) electrons. The fraction of sp³-hybridized carbons (Fsp3) is 0.429. The van der Waals surface area contributed by atoms with Crippen molar-refractivity contribution in [1.82, 2.24) is 0 Å². The van der Waals surface area contributed by atoms with Crippen LogP contribution < -0.4 is 9.64 Å². The summed E-state index contributed by atoms with van der Waals surface area (Å²) >= 11 is 0. The van der Waals surface area contributed by atoms with E-state index in [1.54, 1.807) is 19.1 Å². The molecule has 4 heteroatoms. The van der Waals surface area contributed by atoms with Gasteiger partial charge in [-0.25, -0.2) is 0 Å². The minimum Gasteiger partial charge on any atom is -0.496 e. The van der Waals surface area contributed by atoms with Gasteiger partial charge in [-0.15, -0.1) is 0 Å². The van der Waals surface area contributed by atoms with Crippen molar-refractivity contribution >= 4 is 11.6 Å². The lowest BCUT2D eigenvalue weighted by atomic mass is 10.0. The van der Waals surface area contributed by atoms with Gasteiger partial charge in [0.1, 0.15) is 12.2 Å². The van der Waals surface area contributed by atoms with Gasteiger partial charge in [0.2, 0.25) is 5.91 Å². The Bertz CT molecular complexity index is 516. The molecule has 0 aliphatic carbocycles. The number of methoxy groups -OCH3 is 1. The first kappa shape index (κ1) is 14.0. The summed E-state index contributed by atoms with van der Waals surface area (Å²) < 4.78 is 5.29. The van der Waals surface area contributed by atoms with Crippen molar-refractivity contribution in [3.05, 3.63) is 22.8 Å². The maximum atomic E-state index is 11.8. The average Bonchev–Trinajstić information content (AvgIpc) is 2.34. The van der Waals surface area contributed by atoms with E-state index in [-0.39, 0.29) is 12.3 Å². The fourth-order valence-electron chi connectivity index (χ4n) is 2.07. The summed E-state index contributed by atoms with van der Waals surface area (Å²) in [4.78, 5) is 13.3. The number of amides is 1. The van der Waals surface area contributed by atoms with Gasteiger partial charge in [-0.2, -0.15) is 5.26 Å². The van der Waals surface area contributed by atoms with Crippen molar-refractivity contribution < 1.29 is 9.53 Å². The van der Waals surface area contributed by atoms with E-state index >= 15 is 0 Å². The van der Waals surface area contributed by atoms with E-state index < -0.39 is 0 Å². The number of anilines is 1.